The first-order chi connectivity index (χ1) is 16.0. The van der Waals surface area contributed by atoms with E-state index in [0.717, 1.165) is 54.3 Å². The Kier molecular flexibility index (Phi) is 8.48. The summed E-state index contributed by atoms with van der Waals surface area (Å²) in [6, 6.07) is 8.41. The Morgan fingerprint density at radius 2 is 1.70 bits per heavy atom. The highest BCUT2D eigenvalue weighted by Gasteiger charge is 2.17. The Morgan fingerprint density at radius 3 is 2.27 bits per heavy atom. The largest absolute Gasteiger partial charge is 0.371 e. The van der Waals surface area contributed by atoms with Crippen LogP contribution in [-0.2, 0) is 0 Å². The average Bonchev–Trinajstić information content (AvgIpc) is 3.58. The maximum Gasteiger partial charge on any atom is 0.261 e. The summed E-state index contributed by atoms with van der Waals surface area (Å²) in [5.41, 5.74) is 3.44. The third-order valence-electron chi connectivity index (χ3n) is 4.86. The average molecular weight is 472 g/mol. The molecule has 1 fully saturated rings. The number of thiazole rings is 1. The topological polar surface area (TPSA) is 62.5 Å². The molecule has 1 aliphatic rings. The van der Waals surface area contributed by atoms with Crippen molar-refractivity contribution >= 4 is 33.6 Å². The molecule has 5 rings (SSSR count). The van der Waals surface area contributed by atoms with Crippen LogP contribution in [0.25, 0.3) is 5.52 Å². The molecule has 0 unspecified atom stereocenters. The second kappa shape index (κ2) is 11.5. The van der Waals surface area contributed by atoms with Gasteiger partial charge in [0.05, 0.1) is 23.0 Å². The third kappa shape index (κ3) is 6.35. The van der Waals surface area contributed by atoms with Crippen LogP contribution in [0.15, 0.2) is 54.2 Å². The highest BCUT2D eigenvalue weighted by molar-refractivity contribution is 7.13. The highest BCUT2D eigenvalue weighted by Crippen LogP contribution is 2.24. The molecule has 9 heteroatoms. The molecule has 3 aromatic heterocycles. The van der Waals surface area contributed by atoms with Gasteiger partial charge in [-0.25, -0.2) is 18.3 Å². The molecule has 0 bridgehead atoms. The van der Waals surface area contributed by atoms with Crippen LogP contribution in [0.2, 0.25) is 0 Å². The number of halogens is 2. The Labute approximate surface area is 195 Å². The lowest BCUT2D eigenvalue weighted by Gasteiger charge is -2.17. The monoisotopic (exact) mass is 471 g/mol. The van der Waals surface area contributed by atoms with E-state index in [1.165, 1.54) is 24.2 Å². The van der Waals surface area contributed by atoms with Crippen LogP contribution in [0.4, 0.5) is 19.6 Å². The SMILES string of the molecule is CC.Cc1csc(NC(=O)c2cnn3ccc(N4CCCC4)cc23)n1.Fc1ccc(F)cc1. The maximum atomic E-state index is 12.5. The summed E-state index contributed by atoms with van der Waals surface area (Å²) in [6.45, 7) is 8.05. The third-order valence-corrected chi connectivity index (χ3v) is 5.74. The van der Waals surface area contributed by atoms with Crippen molar-refractivity contribution in [2.24, 2.45) is 0 Å². The summed E-state index contributed by atoms with van der Waals surface area (Å²) in [6.07, 6.45) is 5.97. The summed E-state index contributed by atoms with van der Waals surface area (Å²) in [4.78, 5) is 19.1. The van der Waals surface area contributed by atoms with Gasteiger partial charge in [-0.1, -0.05) is 13.8 Å². The van der Waals surface area contributed by atoms with Gasteiger partial charge in [0.15, 0.2) is 5.13 Å². The molecule has 6 nitrogen and oxygen atoms in total. The quantitative estimate of drug-likeness (QED) is 0.402. The fourth-order valence-electron chi connectivity index (χ4n) is 3.32. The first-order valence-corrected chi connectivity index (χ1v) is 11.7. The molecule has 1 amide bonds. The number of carbonyl (C=O) groups is 1. The molecule has 0 spiro atoms. The lowest BCUT2D eigenvalue weighted by molar-refractivity contribution is 0.102. The Hall–Kier alpha value is -3.33. The molecular weight excluding hydrogens is 444 g/mol. The molecule has 4 heterocycles. The van der Waals surface area contributed by atoms with Crippen LogP contribution in [-0.4, -0.2) is 33.6 Å². The lowest BCUT2D eigenvalue weighted by Crippen LogP contribution is -2.18. The number of benzene rings is 1. The van der Waals surface area contributed by atoms with Crippen molar-refractivity contribution in [3.05, 3.63) is 77.1 Å². The van der Waals surface area contributed by atoms with Gasteiger partial charge in [0.25, 0.3) is 5.91 Å². The molecule has 1 N–H and O–H groups in total. The number of anilines is 2. The van der Waals surface area contributed by atoms with Gasteiger partial charge in [0.1, 0.15) is 11.6 Å². The molecule has 4 aromatic rings. The smallest absolute Gasteiger partial charge is 0.261 e. The van der Waals surface area contributed by atoms with E-state index >= 15 is 0 Å². The predicted molar refractivity (Wildman–Crippen MR) is 129 cm³/mol. The Morgan fingerprint density at radius 1 is 1.06 bits per heavy atom. The van der Waals surface area contributed by atoms with Crippen LogP contribution in [0, 0.1) is 18.6 Å². The number of hydrogen-bond acceptors (Lipinski definition) is 5. The molecule has 1 saturated heterocycles. The normalized spacial score (nSPS) is 12.6. The van der Waals surface area contributed by atoms with Gasteiger partial charge in [0, 0.05) is 30.4 Å². The molecular formula is C24H27F2N5OS. The van der Waals surface area contributed by atoms with E-state index in [9.17, 15) is 13.6 Å². The fourth-order valence-corrected chi connectivity index (χ4v) is 4.01. The van der Waals surface area contributed by atoms with Crippen molar-refractivity contribution in [1.82, 2.24) is 14.6 Å². The Bertz CT molecular complexity index is 1160. The molecule has 1 aromatic carbocycles. The second-order valence-electron chi connectivity index (χ2n) is 7.15. The molecule has 0 aliphatic carbocycles. The first kappa shape index (κ1) is 24.3. The van der Waals surface area contributed by atoms with Crippen molar-refractivity contribution in [3.63, 3.8) is 0 Å². The van der Waals surface area contributed by atoms with Crippen LogP contribution >= 0.6 is 11.3 Å². The standard InChI is InChI=1S/C16H17N5OS.C6H4F2.C2H6/c1-11-10-23-16(18-11)19-15(22)13-9-17-21-7-4-12(8-14(13)21)20-5-2-3-6-20;7-5-1-2-6(8)4-3-5;1-2/h4,7-10H,2-3,5-6H2,1H3,(H,18,19,22);1-4H;1-2H3. The van der Waals surface area contributed by atoms with Gasteiger partial charge < -0.3 is 4.90 Å². The summed E-state index contributed by atoms with van der Waals surface area (Å²) in [5, 5.41) is 9.65. The van der Waals surface area contributed by atoms with Gasteiger partial charge in [-0.05, 0) is 56.2 Å². The number of rotatable bonds is 3. The summed E-state index contributed by atoms with van der Waals surface area (Å²) < 4.78 is 25.6. The number of aromatic nitrogens is 3. The van der Waals surface area contributed by atoms with Crippen molar-refractivity contribution < 1.29 is 13.6 Å². The van der Waals surface area contributed by atoms with E-state index in [1.807, 2.05) is 38.4 Å². The van der Waals surface area contributed by atoms with Crippen molar-refractivity contribution in [2.75, 3.05) is 23.3 Å². The van der Waals surface area contributed by atoms with Gasteiger partial charge in [0.2, 0.25) is 0 Å². The van der Waals surface area contributed by atoms with E-state index < -0.39 is 11.6 Å². The van der Waals surface area contributed by atoms with Gasteiger partial charge in [-0.3, -0.25) is 10.1 Å². The first-order valence-electron chi connectivity index (χ1n) is 10.9. The highest BCUT2D eigenvalue weighted by atomic mass is 32.1. The van der Waals surface area contributed by atoms with E-state index in [2.05, 4.69) is 26.4 Å². The van der Waals surface area contributed by atoms with Crippen LogP contribution in [0.1, 0.15) is 42.7 Å². The zero-order chi connectivity index (χ0) is 23.8. The van der Waals surface area contributed by atoms with E-state index in [0.29, 0.717) is 10.7 Å². The summed E-state index contributed by atoms with van der Waals surface area (Å²) >= 11 is 1.43. The maximum absolute atomic E-state index is 12.5. The van der Waals surface area contributed by atoms with Crippen molar-refractivity contribution in [1.29, 1.82) is 0 Å². The molecule has 0 saturated carbocycles. The molecule has 0 atom stereocenters. The number of hydrogen-bond donors (Lipinski definition) is 1. The number of aryl methyl sites for hydroxylation is 1. The van der Waals surface area contributed by atoms with Gasteiger partial charge in [-0.15, -0.1) is 11.3 Å². The number of nitrogens with one attached hydrogen (secondary N) is 1. The van der Waals surface area contributed by atoms with Crippen LogP contribution < -0.4 is 10.2 Å². The lowest BCUT2D eigenvalue weighted by atomic mass is 10.2. The van der Waals surface area contributed by atoms with E-state index in [4.69, 9.17) is 0 Å². The minimum atomic E-state index is -0.411. The number of amides is 1. The molecule has 0 radical (unpaired) electrons. The fraction of sp³-hybridized carbons (Fsp3) is 0.292. The van der Waals surface area contributed by atoms with Crippen molar-refractivity contribution in [3.8, 4) is 0 Å². The minimum Gasteiger partial charge on any atom is -0.371 e. The minimum absolute atomic E-state index is 0.173. The summed E-state index contributed by atoms with van der Waals surface area (Å²) in [7, 11) is 0. The zero-order valence-electron chi connectivity index (χ0n) is 18.9. The van der Waals surface area contributed by atoms with Gasteiger partial charge >= 0.3 is 0 Å². The van der Waals surface area contributed by atoms with Gasteiger partial charge in [-0.2, -0.15) is 5.10 Å². The number of fused-ring (bicyclic) bond motifs is 1. The molecule has 174 valence electrons. The zero-order valence-corrected chi connectivity index (χ0v) is 19.7. The molecule has 33 heavy (non-hydrogen) atoms. The number of nitrogens with zero attached hydrogens (tertiary/aromatic N) is 4. The van der Waals surface area contributed by atoms with E-state index in [-0.39, 0.29) is 5.91 Å². The number of pyridine rings is 1. The Balaban J connectivity index is 0.000000258. The van der Waals surface area contributed by atoms with Crippen molar-refractivity contribution in [2.45, 2.75) is 33.6 Å². The van der Waals surface area contributed by atoms with Crippen LogP contribution in [0.3, 0.4) is 0 Å². The van der Waals surface area contributed by atoms with Crippen LogP contribution in [0.5, 0.6) is 0 Å². The summed E-state index contributed by atoms with van der Waals surface area (Å²) in [5.74, 6) is -0.995. The molecule has 1 aliphatic heterocycles. The van der Waals surface area contributed by atoms with E-state index in [1.54, 1.807) is 10.7 Å². The predicted octanol–water partition coefficient (Wildman–Crippen LogP) is 5.94. The number of carbonyl (C=O) groups excluding carboxylic acids is 1. The second-order valence-corrected chi connectivity index (χ2v) is 8.01.